The topological polar surface area (TPSA) is 80.2 Å². The van der Waals surface area contributed by atoms with Crippen LogP contribution < -0.4 is 19.7 Å². The number of benzene rings is 2. The van der Waals surface area contributed by atoms with Crippen molar-refractivity contribution in [3.63, 3.8) is 0 Å². The predicted molar refractivity (Wildman–Crippen MR) is 209 cm³/mol. The smallest absolute Gasteiger partial charge is 0.224 e. The molecule has 0 aliphatic heterocycles. The van der Waals surface area contributed by atoms with Crippen LogP contribution in [0, 0.1) is 6.92 Å². The molecule has 0 aromatic heterocycles. The maximum Gasteiger partial charge on any atom is 0.224 e. The average molecular weight is 664 g/mol. The highest BCUT2D eigenvalue weighted by Gasteiger charge is 2.17. The number of anilines is 2. The van der Waals surface area contributed by atoms with Crippen LogP contribution in [0.3, 0.4) is 0 Å². The second-order valence-electron chi connectivity index (χ2n) is 11.3. The zero-order chi connectivity index (χ0) is 37.2. The van der Waals surface area contributed by atoms with Crippen molar-refractivity contribution in [2.24, 2.45) is 4.99 Å². The van der Waals surface area contributed by atoms with Crippen molar-refractivity contribution in [3.8, 4) is 11.5 Å². The molecule has 268 valence electrons. The van der Waals surface area contributed by atoms with Crippen LogP contribution >= 0.6 is 0 Å². The fourth-order valence-electron chi connectivity index (χ4n) is 4.45. The van der Waals surface area contributed by atoms with Gasteiger partial charge in [-0.1, -0.05) is 91.7 Å². The lowest BCUT2D eigenvalue weighted by molar-refractivity contribution is -0.116. The van der Waals surface area contributed by atoms with Crippen LogP contribution in [0.2, 0.25) is 0 Å². The maximum absolute atomic E-state index is 12.6. The fraction of sp³-hybridized carbons (Fsp3) is 0.488. The summed E-state index contributed by atoms with van der Waals surface area (Å²) in [5, 5.41) is 3.43. The molecule has 7 heteroatoms. The minimum atomic E-state index is -0.105. The summed E-state index contributed by atoms with van der Waals surface area (Å²) in [7, 11) is 3.18. The highest BCUT2D eigenvalue weighted by atomic mass is 16.5. The van der Waals surface area contributed by atoms with E-state index in [1.165, 1.54) is 63.2 Å². The van der Waals surface area contributed by atoms with E-state index in [1.807, 2.05) is 39.8 Å². The number of ether oxygens (including phenoxy) is 2. The summed E-state index contributed by atoms with van der Waals surface area (Å²) in [4.78, 5) is 28.6. The zero-order valence-electron chi connectivity index (χ0n) is 32.4. The van der Waals surface area contributed by atoms with Gasteiger partial charge in [-0.05, 0) is 75.3 Å². The van der Waals surface area contributed by atoms with E-state index in [1.54, 1.807) is 31.4 Å². The summed E-state index contributed by atoms with van der Waals surface area (Å²) >= 11 is 0. The summed E-state index contributed by atoms with van der Waals surface area (Å²) in [5.74, 6) is 2.51. The van der Waals surface area contributed by atoms with E-state index in [4.69, 9.17) is 9.47 Å². The SMILES string of the molecule is C=C(C)/C(=C\N=C(C)Nc1ccc(C(CCC)CCC)cc1C)CN(C(C)=O)c1cc(OC)cc(OC)c1.C=CC(C)=O.CC.CCC. The van der Waals surface area contributed by atoms with Gasteiger partial charge in [0.2, 0.25) is 5.91 Å². The number of amidine groups is 1. The number of ketones is 1. The van der Waals surface area contributed by atoms with Gasteiger partial charge in [-0.2, -0.15) is 0 Å². The van der Waals surface area contributed by atoms with E-state index < -0.39 is 0 Å². The van der Waals surface area contributed by atoms with Crippen LogP contribution in [0.5, 0.6) is 11.5 Å². The zero-order valence-corrected chi connectivity index (χ0v) is 32.4. The Morgan fingerprint density at radius 3 is 1.79 bits per heavy atom. The van der Waals surface area contributed by atoms with Crippen molar-refractivity contribution in [2.45, 2.75) is 114 Å². The van der Waals surface area contributed by atoms with Crippen molar-refractivity contribution in [3.05, 3.63) is 84.1 Å². The Kier molecular flexibility index (Phi) is 25.8. The Labute approximate surface area is 293 Å². The van der Waals surface area contributed by atoms with Crippen molar-refractivity contribution >= 4 is 28.9 Å². The molecule has 0 aliphatic carbocycles. The lowest BCUT2D eigenvalue weighted by atomic mass is 9.89. The molecule has 0 atom stereocenters. The molecule has 0 radical (unpaired) electrons. The van der Waals surface area contributed by atoms with E-state index in [2.05, 4.69) is 76.3 Å². The van der Waals surface area contributed by atoms with E-state index >= 15 is 0 Å². The number of rotatable bonds is 14. The third-order valence-electron chi connectivity index (χ3n) is 6.92. The Morgan fingerprint density at radius 1 is 0.917 bits per heavy atom. The maximum atomic E-state index is 12.6. The number of carbonyl (C=O) groups excluding carboxylic acids is 2. The van der Waals surface area contributed by atoms with Gasteiger partial charge in [0.15, 0.2) is 5.78 Å². The lowest BCUT2D eigenvalue weighted by Gasteiger charge is -2.24. The largest absolute Gasteiger partial charge is 0.497 e. The van der Waals surface area contributed by atoms with Gasteiger partial charge < -0.3 is 19.7 Å². The lowest BCUT2D eigenvalue weighted by Crippen LogP contribution is -2.30. The first-order chi connectivity index (χ1) is 22.8. The van der Waals surface area contributed by atoms with Crippen molar-refractivity contribution < 1.29 is 19.1 Å². The highest BCUT2D eigenvalue weighted by Crippen LogP contribution is 2.31. The van der Waals surface area contributed by atoms with Gasteiger partial charge >= 0.3 is 0 Å². The Bertz CT molecular complexity index is 1300. The Morgan fingerprint density at radius 2 is 1.42 bits per heavy atom. The van der Waals surface area contributed by atoms with Crippen LogP contribution in [0.25, 0.3) is 0 Å². The Balaban J connectivity index is 0. The molecule has 7 nitrogen and oxygen atoms in total. The van der Waals surface area contributed by atoms with Crippen LogP contribution in [0.15, 0.2) is 78.0 Å². The number of nitrogens with zero attached hydrogens (tertiary/aromatic N) is 2. The van der Waals surface area contributed by atoms with Gasteiger partial charge in [-0.25, -0.2) is 4.99 Å². The molecule has 0 saturated heterocycles. The van der Waals surface area contributed by atoms with Gasteiger partial charge in [0, 0.05) is 37.0 Å². The molecule has 0 unspecified atom stereocenters. The second kappa shape index (κ2) is 26.9. The number of methoxy groups -OCH3 is 2. The van der Waals surface area contributed by atoms with Crippen molar-refractivity contribution in [1.29, 1.82) is 0 Å². The summed E-state index contributed by atoms with van der Waals surface area (Å²) in [6.45, 7) is 29.4. The standard InChI is InChI=1S/C32H45N3O3.C4H6O.C3H8.C2H6/c1-10-12-26(13-11-2)27-14-15-32(23(5)16-27)34-24(6)33-20-28(22(3)4)21-35(25(7)36)29-17-30(37-8)19-31(18-29)38-9;1-3-4(2)5;1-3-2;1-2/h14-20,26H,3,10-13,21H2,1-2,4-9H3,(H,33,34);3H,1H2,2H3;3H2,1-2H3;1-2H3/b28-20-;;;. The molecule has 1 amide bonds. The molecular weight excluding hydrogens is 598 g/mol. The summed E-state index contributed by atoms with van der Waals surface area (Å²) in [6.07, 6.45) is 9.13. The summed E-state index contributed by atoms with van der Waals surface area (Å²) in [5.41, 5.74) is 6.02. The number of hydrogen-bond acceptors (Lipinski definition) is 5. The van der Waals surface area contributed by atoms with Crippen LogP contribution in [0.1, 0.15) is 118 Å². The number of nitrogens with one attached hydrogen (secondary N) is 1. The quantitative estimate of drug-likeness (QED) is 0.0941. The fourth-order valence-corrected chi connectivity index (χ4v) is 4.45. The normalized spacial score (nSPS) is 10.6. The minimum Gasteiger partial charge on any atom is -0.497 e. The van der Waals surface area contributed by atoms with Gasteiger partial charge in [0.05, 0.1) is 26.5 Å². The molecular formula is C41H65N3O4. The number of carbonyl (C=O) groups is 2. The van der Waals surface area contributed by atoms with Crippen LogP contribution in [-0.4, -0.2) is 38.3 Å². The first-order valence-corrected chi connectivity index (χ1v) is 17.2. The van der Waals surface area contributed by atoms with Crippen LogP contribution in [-0.2, 0) is 9.59 Å². The molecule has 0 aliphatic rings. The van der Waals surface area contributed by atoms with Gasteiger partial charge in [0.1, 0.15) is 17.3 Å². The van der Waals surface area contributed by atoms with E-state index in [0.717, 1.165) is 22.7 Å². The van der Waals surface area contributed by atoms with E-state index in [0.29, 0.717) is 29.6 Å². The number of aryl methyl sites for hydroxylation is 1. The second-order valence-corrected chi connectivity index (χ2v) is 11.3. The number of aliphatic imine (C=N–C) groups is 1. The molecule has 0 saturated carbocycles. The van der Waals surface area contributed by atoms with Crippen LogP contribution in [0.4, 0.5) is 11.4 Å². The third kappa shape index (κ3) is 18.3. The average Bonchev–Trinajstić information content (AvgIpc) is 3.06. The number of allylic oxidation sites excluding steroid dienone is 1. The van der Waals surface area contributed by atoms with Gasteiger partial charge in [-0.3, -0.25) is 9.59 Å². The molecule has 0 fully saturated rings. The molecule has 0 bridgehead atoms. The van der Waals surface area contributed by atoms with Crippen molar-refractivity contribution in [1.82, 2.24) is 0 Å². The molecule has 0 spiro atoms. The van der Waals surface area contributed by atoms with E-state index in [-0.39, 0.29) is 11.7 Å². The number of amides is 1. The molecule has 2 aromatic carbocycles. The molecule has 2 aromatic rings. The monoisotopic (exact) mass is 663 g/mol. The van der Waals surface area contributed by atoms with Crippen molar-refractivity contribution in [2.75, 3.05) is 31.0 Å². The van der Waals surface area contributed by atoms with E-state index in [9.17, 15) is 9.59 Å². The summed E-state index contributed by atoms with van der Waals surface area (Å²) in [6, 6.07) is 12.1. The van der Waals surface area contributed by atoms with Gasteiger partial charge in [-0.15, -0.1) is 0 Å². The first kappa shape index (κ1) is 46.0. The predicted octanol–water partition coefficient (Wildman–Crippen LogP) is 11.2. The third-order valence-corrected chi connectivity index (χ3v) is 6.92. The minimum absolute atomic E-state index is 0.0185. The molecule has 48 heavy (non-hydrogen) atoms. The number of hydrogen-bond donors (Lipinski definition) is 1. The molecule has 1 N–H and O–H groups in total. The van der Waals surface area contributed by atoms with Gasteiger partial charge in [0.25, 0.3) is 0 Å². The summed E-state index contributed by atoms with van der Waals surface area (Å²) < 4.78 is 10.8. The first-order valence-electron chi connectivity index (χ1n) is 17.2. The molecule has 2 rings (SSSR count). The Hall–Kier alpha value is -4.13. The highest BCUT2D eigenvalue weighted by molar-refractivity contribution is 5.95. The molecule has 0 heterocycles.